The van der Waals surface area contributed by atoms with Crippen LogP contribution in [-0.4, -0.2) is 11.7 Å². The number of rotatable bonds is 1. The predicted molar refractivity (Wildman–Crippen MR) is 129 cm³/mol. The normalized spacial score (nSPS) is 61.6. The molecule has 0 N–H and O–H groups in total. The highest BCUT2D eigenvalue weighted by Gasteiger charge is 2.83. The second-order valence-electron chi connectivity index (χ2n) is 15.4. The largest absolute Gasteiger partial charge is 0.365 e. The van der Waals surface area contributed by atoms with Crippen molar-refractivity contribution in [3.05, 3.63) is 0 Å². The van der Waals surface area contributed by atoms with Crippen molar-refractivity contribution in [1.29, 1.82) is 0 Å². The number of hydrogen-bond donors (Lipinski definition) is 0. The van der Waals surface area contributed by atoms with Crippen molar-refractivity contribution >= 4 is 0 Å². The molecule has 1 aliphatic heterocycles. The van der Waals surface area contributed by atoms with Gasteiger partial charge in [0.15, 0.2) is 0 Å². The van der Waals surface area contributed by atoms with Gasteiger partial charge in [0.25, 0.3) is 0 Å². The van der Waals surface area contributed by atoms with Crippen LogP contribution >= 0.6 is 0 Å². The van der Waals surface area contributed by atoms with Crippen molar-refractivity contribution < 1.29 is 4.74 Å². The Hall–Kier alpha value is -0.0400. The van der Waals surface area contributed by atoms with Crippen LogP contribution in [0.5, 0.6) is 0 Å². The third-order valence-corrected chi connectivity index (χ3v) is 14.0. The first-order chi connectivity index (χ1) is 14.4. The first-order valence-electron chi connectivity index (χ1n) is 14.0. The Morgan fingerprint density at radius 1 is 0.677 bits per heavy atom. The summed E-state index contributed by atoms with van der Waals surface area (Å²) >= 11 is 0. The van der Waals surface area contributed by atoms with E-state index in [9.17, 15) is 0 Å². The van der Waals surface area contributed by atoms with Gasteiger partial charge in [-0.15, -0.1) is 0 Å². The van der Waals surface area contributed by atoms with E-state index in [4.69, 9.17) is 4.74 Å². The van der Waals surface area contributed by atoms with Gasteiger partial charge in [-0.2, -0.15) is 0 Å². The fourth-order valence-corrected chi connectivity index (χ4v) is 12.6. The van der Waals surface area contributed by atoms with Crippen LogP contribution in [-0.2, 0) is 4.74 Å². The van der Waals surface area contributed by atoms with E-state index in [0.717, 1.165) is 29.6 Å². The van der Waals surface area contributed by atoms with E-state index in [2.05, 4.69) is 55.4 Å². The highest BCUT2D eigenvalue weighted by atomic mass is 16.6. The summed E-state index contributed by atoms with van der Waals surface area (Å²) in [5, 5.41) is 0. The van der Waals surface area contributed by atoms with Crippen LogP contribution in [0.25, 0.3) is 0 Å². The van der Waals surface area contributed by atoms with Crippen LogP contribution in [0.15, 0.2) is 0 Å². The predicted octanol–water partition coefficient (Wildman–Crippen LogP) is 8.27. The average molecular weight is 427 g/mol. The molecule has 0 aromatic heterocycles. The van der Waals surface area contributed by atoms with Gasteiger partial charge in [0.1, 0.15) is 5.60 Å². The lowest BCUT2D eigenvalue weighted by Gasteiger charge is -2.70. The second-order valence-corrected chi connectivity index (χ2v) is 15.4. The van der Waals surface area contributed by atoms with E-state index in [-0.39, 0.29) is 5.60 Å². The SMILES string of the molecule is CC(C)C1CCC2C1(C)CCC1(C)C3CCC4C(C)(C)CCCC4(C)C34OC4CC21C. The van der Waals surface area contributed by atoms with Crippen molar-refractivity contribution in [3.63, 3.8) is 0 Å². The van der Waals surface area contributed by atoms with Gasteiger partial charge in [0, 0.05) is 5.41 Å². The van der Waals surface area contributed by atoms with Gasteiger partial charge in [-0.3, -0.25) is 0 Å². The summed E-state index contributed by atoms with van der Waals surface area (Å²) in [6.07, 6.45) is 14.9. The highest BCUT2D eigenvalue weighted by Crippen LogP contribution is 2.83. The minimum atomic E-state index is 0.214. The number of fused-ring (bicyclic) bond motifs is 5. The van der Waals surface area contributed by atoms with Gasteiger partial charge in [-0.1, -0.05) is 61.8 Å². The van der Waals surface area contributed by atoms with Crippen LogP contribution in [0.1, 0.15) is 120 Å². The minimum Gasteiger partial charge on any atom is -0.365 e. The molecule has 6 fully saturated rings. The molecule has 176 valence electrons. The fourth-order valence-electron chi connectivity index (χ4n) is 12.6. The monoisotopic (exact) mass is 426 g/mol. The lowest BCUT2D eigenvalue weighted by atomic mass is 9.33. The van der Waals surface area contributed by atoms with Crippen LogP contribution in [0, 0.1) is 56.7 Å². The summed E-state index contributed by atoms with van der Waals surface area (Å²) in [5.74, 6) is 4.32. The van der Waals surface area contributed by atoms with Crippen molar-refractivity contribution in [1.82, 2.24) is 0 Å². The molecule has 0 bridgehead atoms. The first-order valence-corrected chi connectivity index (χ1v) is 14.0. The van der Waals surface area contributed by atoms with E-state index < -0.39 is 0 Å². The highest BCUT2D eigenvalue weighted by molar-refractivity contribution is 5.31. The zero-order valence-corrected chi connectivity index (χ0v) is 21.9. The zero-order chi connectivity index (χ0) is 22.2. The summed E-state index contributed by atoms with van der Waals surface area (Å²) in [6, 6.07) is 0. The van der Waals surface area contributed by atoms with Crippen LogP contribution in [0.4, 0.5) is 0 Å². The van der Waals surface area contributed by atoms with Gasteiger partial charge in [-0.25, -0.2) is 0 Å². The Bertz CT molecular complexity index is 783. The minimum absolute atomic E-state index is 0.214. The summed E-state index contributed by atoms with van der Waals surface area (Å²) in [7, 11) is 0. The lowest BCUT2D eigenvalue weighted by molar-refractivity contribution is -0.213. The van der Waals surface area contributed by atoms with E-state index in [0.29, 0.717) is 33.2 Å². The number of ether oxygens (including phenoxy) is 1. The molecular formula is C30H50O. The van der Waals surface area contributed by atoms with Crippen LogP contribution in [0.3, 0.4) is 0 Å². The molecule has 6 aliphatic rings. The van der Waals surface area contributed by atoms with Crippen LogP contribution in [0.2, 0.25) is 0 Å². The molecule has 0 aromatic carbocycles. The maximum atomic E-state index is 7.11. The Labute approximate surface area is 192 Å². The third kappa shape index (κ3) is 2.21. The summed E-state index contributed by atoms with van der Waals surface area (Å²) in [6.45, 7) is 21.1. The molecule has 10 unspecified atom stereocenters. The topological polar surface area (TPSA) is 12.5 Å². The molecule has 10 atom stereocenters. The third-order valence-electron chi connectivity index (χ3n) is 14.0. The maximum Gasteiger partial charge on any atom is 0.104 e. The van der Waals surface area contributed by atoms with E-state index in [1.54, 1.807) is 0 Å². The first kappa shape index (κ1) is 21.5. The maximum absolute atomic E-state index is 7.11. The van der Waals surface area contributed by atoms with Crippen molar-refractivity contribution in [3.8, 4) is 0 Å². The fraction of sp³-hybridized carbons (Fsp3) is 1.00. The molecule has 5 saturated carbocycles. The van der Waals surface area contributed by atoms with Gasteiger partial charge in [0.05, 0.1) is 6.10 Å². The van der Waals surface area contributed by atoms with Crippen molar-refractivity contribution in [2.24, 2.45) is 56.7 Å². The average Bonchev–Trinajstić information content (AvgIpc) is 3.25. The van der Waals surface area contributed by atoms with Crippen LogP contribution < -0.4 is 0 Å². The molecule has 1 nitrogen and oxygen atoms in total. The Balaban J connectivity index is 1.41. The van der Waals surface area contributed by atoms with Gasteiger partial charge in [-0.05, 0) is 109 Å². The summed E-state index contributed by atoms with van der Waals surface area (Å²) in [4.78, 5) is 0. The molecule has 31 heavy (non-hydrogen) atoms. The Morgan fingerprint density at radius 2 is 1.35 bits per heavy atom. The van der Waals surface area contributed by atoms with Gasteiger partial charge < -0.3 is 4.74 Å². The molecule has 0 amide bonds. The van der Waals surface area contributed by atoms with E-state index >= 15 is 0 Å². The molecule has 1 heterocycles. The molecule has 0 radical (unpaired) electrons. The smallest absolute Gasteiger partial charge is 0.104 e. The van der Waals surface area contributed by atoms with E-state index in [1.807, 2.05) is 0 Å². The molecule has 1 saturated heterocycles. The van der Waals surface area contributed by atoms with Gasteiger partial charge in [0.2, 0.25) is 0 Å². The molecule has 0 aromatic rings. The molecule has 6 rings (SSSR count). The molecule has 1 spiro atoms. The molecule has 1 heteroatoms. The standard InChI is InChI=1S/C30H50O/c1-19(2)20-10-11-22-26(20,5)16-17-27(6)23-13-12-21-25(3,4)14-9-15-28(21,7)30(23)24(31-30)18-29(22,27)8/h19-24H,9-18H2,1-8H3. The molecular weight excluding hydrogens is 376 g/mol. The number of epoxide rings is 1. The lowest BCUT2D eigenvalue weighted by Crippen LogP contribution is -2.68. The molecule has 5 aliphatic carbocycles. The van der Waals surface area contributed by atoms with Crippen molar-refractivity contribution in [2.75, 3.05) is 0 Å². The van der Waals surface area contributed by atoms with Gasteiger partial charge >= 0.3 is 0 Å². The quantitative estimate of drug-likeness (QED) is 0.384. The van der Waals surface area contributed by atoms with Crippen molar-refractivity contribution in [2.45, 2.75) is 131 Å². The number of hydrogen-bond acceptors (Lipinski definition) is 1. The summed E-state index contributed by atoms with van der Waals surface area (Å²) in [5.41, 5.74) is 2.60. The zero-order valence-electron chi connectivity index (χ0n) is 21.9. The Kier molecular flexibility index (Phi) is 4.13. The van der Waals surface area contributed by atoms with E-state index in [1.165, 1.54) is 64.2 Å². The Morgan fingerprint density at radius 3 is 2.06 bits per heavy atom. The summed E-state index contributed by atoms with van der Waals surface area (Å²) < 4.78 is 7.11. The second kappa shape index (κ2) is 5.95.